The monoisotopic (exact) mass is 292 g/mol. The van der Waals surface area contributed by atoms with Crippen LogP contribution in [0.3, 0.4) is 0 Å². The SMILES string of the molecule is CN(C)CCOc1ccc(N2CCCC(C(=O)O)C2)cc1. The van der Waals surface area contributed by atoms with E-state index in [0.29, 0.717) is 13.2 Å². The van der Waals surface area contributed by atoms with E-state index in [1.54, 1.807) is 0 Å². The van der Waals surface area contributed by atoms with E-state index in [1.165, 1.54) is 0 Å². The summed E-state index contributed by atoms with van der Waals surface area (Å²) < 4.78 is 5.66. The zero-order valence-corrected chi connectivity index (χ0v) is 12.8. The summed E-state index contributed by atoms with van der Waals surface area (Å²) in [6.45, 7) is 3.06. The smallest absolute Gasteiger partial charge is 0.308 e. The summed E-state index contributed by atoms with van der Waals surface area (Å²) in [5, 5.41) is 9.14. The van der Waals surface area contributed by atoms with E-state index in [0.717, 1.165) is 37.4 Å². The zero-order valence-electron chi connectivity index (χ0n) is 12.8. The van der Waals surface area contributed by atoms with Crippen LogP contribution in [0.25, 0.3) is 0 Å². The van der Waals surface area contributed by atoms with Crippen LogP contribution in [0.15, 0.2) is 24.3 Å². The number of ether oxygens (including phenoxy) is 1. The first kappa shape index (κ1) is 15.6. The van der Waals surface area contributed by atoms with E-state index in [4.69, 9.17) is 9.84 Å². The Morgan fingerprint density at radius 1 is 1.38 bits per heavy atom. The van der Waals surface area contributed by atoms with Crippen LogP contribution in [0.2, 0.25) is 0 Å². The van der Waals surface area contributed by atoms with Gasteiger partial charge in [-0.3, -0.25) is 4.79 Å². The molecule has 1 aromatic rings. The molecule has 5 heteroatoms. The second-order valence-corrected chi connectivity index (χ2v) is 5.77. The Morgan fingerprint density at radius 3 is 2.71 bits per heavy atom. The number of carbonyl (C=O) groups is 1. The Labute approximate surface area is 126 Å². The number of anilines is 1. The van der Waals surface area contributed by atoms with Gasteiger partial charge in [-0.25, -0.2) is 0 Å². The van der Waals surface area contributed by atoms with Crippen molar-refractivity contribution in [3.05, 3.63) is 24.3 Å². The quantitative estimate of drug-likeness (QED) is 0.868. The largest absolute Gasteiger partial charge is 0.492 e. The number of likely N-dealkylation sites (N-methyl/N-ethyl adjacent to an activating group) is 1. The van der Waals surface area contributed by atoms with E-state index >= 15 is 0 Å². The highest BCUT2D eigenvalue weighted by Gasteiger charge is 2.25. The summed E-state index contributed by atoms with van der Waals surface area (Å²) in [4.78, 5) is 15.3. The van der Waals surface area contributed by atoms with Crippen molar-refractivity contribution in [2.45, 2.75) is 12.8 Å². The van der Waals surface area contributed by atoms with E-state index in [-0.39, 0.29) is 5.92 Å². The standard InChI is InChI=1S/C16H24N2O3/c1-17(2)10-11-21-15-7-5-14(6-8-15)18-9-3-4-13(12-18)16(19)20/h5-8,13H,3-4,9-12H2,1-2H3,(H,19,20). The number of nitrogens with zero attached hydrogens (tertiary/aromatic N) is 2. The molecule has 21 heavy (non-hydrogen) atoms. The number of hydrogen-bond donors (Lipinski definition) is 1. The van der Waals surface area contributed by atoms with Crippen LogP contribution in [-0.4, -0.2) is 56.3 Å². The molecule has 116 valence electrons. The normalized spacial score (nSPS) is 18.8. The first-order chi connectivity index (χ1) is 10.1. The van der Waals surface area contributed by atoms with Crippen LogP contribution < -0.4 is 9.64 Å². The van der Waals surface area contributed by atoms with E-state index < -0.39 is 5.97 Å². The zero-order chi connectivity index (χ0) is 15.2. The minimum absolute atomic E-state index is 0.255. The van der Waals surface area contributed by atoms with Crippen LogP contribution in [0.4, 0.5) is 5.69 Å². The number of hydrogen-bond acceptors (Lipinski definition) is 4. The van der Waals surface area contributed by atoms with Gasteiger partial charge in [0.1, 0.15) is 12.4 Å². The molecule has 1 atom stereocenters. The van der Waals surface area contributed by atoms with Crippen LogP contribution in [0.5, 0.6) is 5.75 Å². The molecular formula is C16H24N2O3. The van der Waals surface area contributed by atoms with Gasteiger partial charge in [0, 0.05) is 25.3 Å². The molecule has 1 heterocycles. The van der Waals surface area contributed by atoms with Crippen molar-refractivity contribution < 1.29 is 14.6 Å². The molecule has 1 saturated heterocycles. The predicted molar refractivity (Wildman–Crippen MR) is 83.1 cm³/mol. The number of piperidine rings is 1. The van der Waals surface area contributed by atoms with Gasteiger partial charge in [0.05, 0.1) is 5.92 Å². The van der Waals surface area contributed by atoms with E-state index in [1.807, 2.05) is 38.4 Å². The molecule has 0 saturated carbocycles. The van der Waals surface area contributed by atoms with Gasteiger partial charge >= 0.3 is 5.97 Å². The van der Waals surface area contributed by atoms with Gasteiger partial charge in [-0.05, 0) is 51.2 Å². The van der Waals surface area contributed by atoms with Gasteiger partial charge in [0.15, 0.2) is 0 Å². The highest BCUT2D eigenvalue weighted by molar-refractivity contribution is 5.71. The highest BCUT2D eigenvalue weighted by atomic mass is 16.5. The Kier molecular flexibility index (Phi) is 5.44. The summed E-state index contributed by atoms with van der Waals surface area (Å²) in [7, 11) is 4.03. The van der Waals surface area contributed by atoms with Gasteiger partial charge in [-0.15, -0.1) is 0 Å². The van der Waals surface area contributed by atoms with Crippen molar-refractivity contribution in [1.29, 1.82) is 0 Å². The van der Waals surface area contributed by atoms with Gasteiger partial charge in [0.2, 0.25) is 0 Å². The number of rotatable bonds is 6. The van der Waals surface area contributed by atoms with Gasteiger partial charge in [-0.2, -0.15) is 0 Å². The van der Waals surface area contributed by atoms with Crippen LogP contribution in [0, 0.1) is 5.92 Å². The number of benzene rings is 1. The molecule has 2 rings (SSSR count). The summed E-state index contributed by atoms with van der Waals surface area (Å²) in [5.41, 5.74) is 1.07. The fourth-order valence-corrected chi connectivity index (χ4v) is 2.51. The average molecular weight is 292 g/mol. The minimum atomic E-state index is -0.691. The average Bonchev–Trinajstić information content (AvgIpc) is 2.48. The van der Waals surface area contributed by atoms with E-state index in [9.17, 15) is 4.79 Å². The Balaban J connectivity index is 1.90. The molecule has 0 spiro atoms. The minimum Gasteiger partial charge on any atom is -0.492 e. The van der Waals surface area contributed by atoms with Gasteiger partial charge in [0.25, 0.3) is 0 Å². The van der Waals surface area contributed by atoms with E-state index in [2.05, 4.69) is 9.80 Å². The van der Waals surface area contributed by atoms with Crippen molar-refractivity contribution >= 4 is 11.7 Å². The first-order valence-corrected chi connectivity index (χ1v) is 7.41. The molecule has 1 aromatic carbocycles. The summed E-state index contributed by atoms with van der Waals surface area (Å²) >= 11 is 0. The first-order valence-electron chi connectivity index (χ1n) is 7.41. The Hall–Kier alpha value is -1.75. The second-order valence-electron chi connectivity index (χ2n) is 5.77. The van der Waals surface area contributed by atoms with Crippen molar-refractivity contribution in [2.24, 2.45) is 5.92 Å². The third-order valence-corrected chi connectivity index (χ3v) is 3.78. The molecule has 5 nitrogen and oxygen atoms in total. The van der Waals surface area contributed by atoms with Crippen molar-refractivity contribution in [3.63, 3.8) is 0 Å². The lowest BCUT2D eigenvalue weighted by Crippen LogP contribution is -2.38. The third-order valence-electron chi connectivity index (χ3n) is 3.78. The van der Waals surface area contributed by atoms with Crippen LogP contribution >= 0.6 is 0 Å². The lowest BCUT2D eigenvalue weighted by atomic mass is 9.98. The van der Waals surface area contributed by atoms with Crippen molar-refractivity contribution in [3.8, 4) is 5.75 Å². The number of aliphatic carboxylic acids is 1. The maximum absolute atomic E-state index is 11.1. The molecule has 1 aliphatic rings. The summed E-state index contributed by atoms with van der Waals surface area (Å²) in [5.74, 6) is -0.0921. The maximum atomic E-state index is 11.1. The fraction of sp³-hybridized carbons (Fsp3) is 0.562. The molecule has 0 bridgehead atoms. The van der Waals surface area contributed by atoms with Gasteiger partial charge < -0.3 is 19.6 Å². The molecule has 0 aliphatic carbocycles. The molecule has 1 aliphatic heterocycles. The molecule has 1 unspecified atom stereocenters. The molecule has 0 aromatic heterocycles. The van der Waals surface area contributed by atoms with Crippen LogP contribution in [0.1, 0.15) is 12.8 Å². The Bertz CT molecular complexity index is 459. The molecule has 1 N–H and O–H groups in total. The molecule has 1 fully saturated rings. The number of carboxylic acid groups (broad SMARTS) is 1. The van der Waals surface area contributed by atoms with Crippen LogP contribution in [-0.2, 0) is 4.79 Å². The molecule has 0 amide bonds. The number of carboxylic acids is 1. The van der Waals surface area contributed by atoms with Crippen molar-refractivity contribution in [2.75, 3.05) is 45.2 Å². The highest BCUT2D eigenvalue weighted by Crippen LogP contribution is 2.25. The maximum Gasteiger partial charge on any atom is 0.308 e. The molecule has 0 radical (unpaired) electrons. The summed E-state index contributed by atoms with van der Waals surface area (Å²) in [6.07, 6.45) is 1.70. The fourth-order valence-electron chi connectivity index (χ4n) is 2.51. The lowest BCUT2D eigenvalue weighted by Gasteiger charge is -2.32. The third kappa shape index (κ3) is 4.63. The molecular weight excluding hydrogens is 268 g/mol. The lowest BCUT2D eigenvalue weighted by molar-refractivity contribution is -0.141. The predicted octanol–water partition coefficient (Wildman–Crippen LogP) is 1.93. The topological polar surface area (TPSA) is 53.0 Å². The van der Waals surface area contributed by atoms with Gasteiger partial charge in [-0.1, -0.05) is 0 Å². The van der Waals surface area contributed by atoms with Crippen molar-refractivity contribution in [1.82, 2.24) is 4.90 Å². The Morgan fingerprint density at radius 2 is 2.10 bits per heavy atom. The second kappa shape index (κ2) is 7.31. The summed E-state index contributed by atoms with van der Waals surface area (Å²) in [6, 6.07) is 7.93.